The molecule has 5 rings (SSSR count). The second-order valence-corrected chi connectivity index (χ2v) is 11.4. The van der Waals surface area contributed by atoms with Gasteiger partial charge in [-0.2, -0.15) is 0 Å². The molecular weight excluding hydrogens is 388 g/mol. The van der Waals surface area contributed by atoms with Crippen LogP contribution in [0.2, 0.25) is 0 Å². The minimum Gasteiger partial charge on any atom is -0.374 e. The van der Waals surface area contributed by atoms with E-state index in [4.69, 9.17) is 4.74 Å². The van der Waals surface area contributed by atoms with E-state index >= 15 is 0 Å². The van der Waals surface area contributed by atoms with E-state index in [9.17, 15) is 0 Å². The highest BCUT2D eigenvalue weighted by atomic mass is 16.5. The van der Waals surface area contributed by atoms with E-state index < -0.39 is 0 Å². The Hall–Kier alpha value is -1.08. The van der Waals surface area contributed by atoms with Crippen molar-refractivity contribution in [3.05, 3.63) is 47.5 Å². The van der Waals surface area contributed by atoms with Gasteiger partial charge >= 0.3 is 0 Å². The summed E-state index contributed by atoms with van der Waals surface area (Å²) in [5, 5.41) is 0. The van der Waals surface area contributed by atoms with Crippen LogP contribution in [0.3, 0.4) is 0 Å². The molecule has 4 aliphatic carbocycles. The molecule has 0 radical (unpaired) electrons. The Labute approximate surface area is 198 Å². The van der Waals surface area contributed by atoms with Gasteiger partial charge in [-0.15, -0.1) is 0 Å². The van der Waals surface area contributed by atoms with Crippen molar-refractivity contribution in [1.29, 1.82) is 0 Å². The van der Waals surface area contributed by atoms with Gasteiger partial charge in [-0.05, 0) is 105 Å². The molecule has 0 atom stereocenters. The van der Waals surface area contributed by atoms with Gasteiger partial charge in [0.25, 0.3) is 0 Å². The lowest BCUT2D eigenvalue weighted by Gasteiger charge is -2.54. The summed E-state index contributed by atoms with van der Waals surface area (Å²) in [5.41, 5.74) is 4.44. The summed E-state index contributed by atoms with van der Waals surface area (Å²) >= 11 is 0. The SMILES string of the molecule is CCCC=CCO[C@H]1CC[C@H](c2ccc(C34CCC(CCCCC)(CC3)CC4)cc2)CC1. The van der Waals surface area contributed by atoms with Gasteiger partial charge in [-0.25, -0.2) is 0 Å². The third-order valence-electron chi connectivity index (χ3n) is 9.43. The lowest BCUT2D eigenvalue weighted by atomic mass is 9.51. The van der Waals surface area contributed by atoms with E-state index in [0.29, 0.717) is 16.9 Å². The minimum absolute atomic E-state index is 0.470. The molecule has 4 aliphatic rings. The Balaban J connectivity index is 1.26. The number of allylic oxidation sites excluding steroid dienone is 1. The summed E-state index contributed by atoms with van der Waals surface area (Å²) in [7, 11) is 0. The Bertz CT molecular complexity index is 682. The zero-order valence-electron chi connectivity index (χ0n) is 21.0. The smallest absolute Gasteiger partial charge is 0.0651 e. The zero-order chi connectivity index (χ0) is 22.3. The van der Waals surface area contributed by atoms with Crippen LogP contribution < -0.4 is 0 Å². The van der Waals surface area contributed by atoms with Gasteiger partial charge in [0.15, 0.2) is 0 Å². The van der Waals surface area contributed by atoms with Gasteiger partial charge < -0.3 is 4.74 Å². The number of unbranched alkanes of at least 4 members (excludes halogenated alkanes) is 3. The van der Waals surface area contributed by atoms with Crippen molar-refractivity contribution < 1.29 is 4.74 Å². The molecule has 0 heterocycles. The summed E-state index contributed by atoms with van der Waals surface area (Å²) in [6, 6.07) is 10.0. The fourth-order valence-electron chi connectivity index (χ4n) is 7.04. The van der Waals surface area contributed by atoms with Gasteiger partial charge in [-0.1, -0.05) is 75.9 Å². The molecule has 32 heavy (non-hydrogen) atoms. The molecule has 4 fully saturated rings. The van der Waals surface area contributed by atoms with Crippen LogP contribution in [0, 0.1) is 5.41 Å². The molecule has 0 spiro atoms. The van der Waals surface area contributed by atoms with Crippen molar-refractivity contribution >= 4 is 0 Å². The summed E-state index contributed by atoms with van der Waals surface area (Å²) in [6.45, 7) is 5.36. The normalized spacial score (nSPS) is 32.6. The first-order valence-corrected chi connectivity index (χ1v) is 14.1. The molecule has 1 aromatic rings. The number of ether oxygens (including phenoxy) is 1. The van der Waals surface area contributed by atoms with Crippen LogP contribution >= 0.6 is 0 Å². The number of benzene rings is 1. The van der Waals surface area contributed by atoms with Gasteiger partial charge in [0.2, 0.25) is 0 Å². The molecule has 0 aromatic heterocycles. The lowest BCUT2D eigenvalue weighted by Crippen LogP contribution is -2.44. The van der Waals surface area contributed by atoms with Crippen molar-refractivity contribution in [1.82, 2.24) is 0 Å². The number of hydrogen-bond acceptors (Lipinski definition) is 1. The third-order valence-corrected chi connectivity index (χ3v) is 9.43. The summed E-state index contributed by atoms with van der Waals surface area (Å²) in [4.78, 5) is 0. The first kappa shape index (κ1) is 24.1. The maximum absolute atomic E-state index is 6.10. The topological polar surface area (TPSA) is 9.23 Å². The average molecular weight is 437 g/mol. The average Bonchev–Trinajstić information content (AvgIpc) is 2.86. The second kappa shape index (κ2) is 11.4. The molecule has 1 heteroatoms. The Morgan fingerprint density at radius 2 is 1.50 bits per heavy atom. The van der Waals surface area contributed by atoms with E-state index in [0.717, 1.165) is 12.5 Å². The molecule has 0 saturated heterocycles. The lowest BCUT2D eigenvalue weighted by molar-refractivity contribution is 0.0305. The highest BCUT2D eigenvalue weighted by Crippen LogP contribution is 2.59. The fourth-order valence-corrected chi connectivity index (χ4v) is 7.04. The van der Waals surface area contributed by atoms with Crippen LogP contribution in [0.15, 0.2) is 36.4 Å². The Morgan fingerprint density at radius 3 is 2.12 bits per heavy atom. The zero-order valence-corrected chi connectivity index (χ0v) is 21.0. The molecule has 1 aromatic carbocycles. The minimum atomic E-state index is 0.470. The second-order valence-electron chi connectivity index (χ2n) is 11.4. The molecule has 0 aliphatic heterocycles. The van der Waals surface area contributed by atoms with Gasteiger partial charge in [0.1, 0.15) is 0 Å². The van der Waals surface area contributed by atoms with Crippen LogP contribution in [-0.2, 0) is 10.2 Å². The monoisotopic (exact) mass is 436 g/mol. The molecular formula is C31H48O. The highest BCUT2D eigenvalue weighted by Gasteiger charge is 2.48. The number of fused-ring (bicyclic) bond motifs is 3. The fraction of sp³-hybridized carbons (Fsp3) is 0.742. The molecule has 0 unspecified atom stereocenters. The van der Waals surface area contributed by atoms with Gasteiger partial charge in [0, 0.05) is 0 Å². The van der Waals surface area contributed by atoms with Crippen molar-refractivity contribution in [2.24, 2.45) is 5.41 Å². The molecule has 178 valence electrons. The third kappa shape index (κ3) is 5.69. The molecule has 0 N–H and O–H groups in total. The number of rotatable bonds is 11. The van der Waals surface area contributed by atoms with E-state index in [2.05, 4.69) is 50.3 Å². The van der Waals surface area contributed by atoms with Crippen LogP contribution in [0.4, 0.5) is 0 Å². The summed E-state index contributed by atoms with van der Waals surface area (Å²) < 4.78 is 6.10. The predicted octanol–water partition coefficient (Wildman–Crippen LogP) is 9.26. The van der Waals surface area contributed by atoms with E-state index in [1.807, 2.05) is 0 Å². The van der Waals surface area contributed by atoms with Crippen molar-refractivity contribution in [3.63, 3.8) is 0 Å². The largest absolute Gasteiger partial charge is 0.374 e. The first-order chi connectivity index (χ1) is 15.7. The molecule has 4 saturated carbocycles. The molecule has 0 amide bonds. The van der Waals surface area contributed by atoms with Crippen LogP contribution in [0.1, 0.15) is 134 Å². The van der Waals surface area contributed by atoms with E-state index in [1.165, 1.54) is 103 Å². The Morgan fingerprint density at radius 1 is 0.812 bits per heavy atom. The maximum Gasteiger partial charge on any atom is 0.0651 e. The van der Waals surface area contributed by atoms with E-state index in [1.54, 1.807) is 11.1 Å². The standard InChI is InChI=1S/C31H48O/c1-3-5-7-9-25-32-29-16-12-27(13-17-29)26-10-14-28(15-11-26)31-22-19-30(20-23-31,21-24-31)18-8-6-4-2/h7,9-11,14-15,27,29H,3-6,8,12-13,16-25H2,1-2H3/t27-,29-,30?,31?. The highest BCUT2D eigenvalue weighted by molar-refractivity contribution is 5.33. The van der Waals surface area contributed by atoms with Crippen molar-refractivity contribution in [2.45, 2.75) is 134 Å². The van der Waals surface area contributed by atoms with Crippen molar-refractivity contribution in [3.8, 4) is 0 Å². The van der Waals surface area contributed by atoms with Crippen molar-refractivity contribution in [2.75, 3.05) is 6.61 Å². The van der Waals surface area contributed by atoms with Crippen LogP contribution in [-0.4, -0.2) is 12.7 Å². The van der Waals surface area contributed by atoms with E-state index in [-0.39, 0.29) is 0 Å². The van der Waals surface area contributed by atoms with Gasteiger partial charge in [0.05, 0.1) is 12.7 Å². The van der Waals surface area contributed by atoms with Crippen LogP contribution in [0.25, 0.3) is 0 Å². The maximum atomic E-state index is 6.10. The summed E-state index contributed by atoms with van der Waals surface area (Å²) in [5.74, 6) is 0.737. The first-order valence-electron chi connectivity index (χ1n) is 14.1. The van der Waals surface area contributed by atoms with Gasteiger partial charge in [-0.3, -0.25) is 0 Å². The Kier molecular flexibility index (Phi) is 8.55. The molecule has 1 nitrogen and oxygen atoms in total. The number of hydrogen-bond donors (Lipinski definition) is 0. The predicted molar refractivity (Wildman–Crippen MR) is 137 cm³/mol. The summed E-state index contributed by atoms with van der Waals surface area (Å²) in [6.07, 6.45) is 26.9. The quantitative estimate of drug-likeness (QED) is 0.248. The molecule has 2 bridgehead atoms. The van der Waals surface area contributed by atoms with Crippen LogP contribution in [0.5, 0.6) is 0 Å².